The van der Waals surface area contributed by atoms with E-state index in [1.807, 2.05) is 12.1 Å². The Hall–Kier alpha value is -1.22. The predicted molar refractivity (Wildman–Crippen MR) is 58.6 cm³/mol. The van der Waals surface area contributed by atoms with Crippen LogP contribution in [0.5, 0.6) is 0 Å². The maximum Gasteiger partial charge on any atom is 0.253 e. The van der Waals surface area contributed by atoms with E-state index < -0.39 is 0 Å². The molecule has 0 spiro atoms. The number of carbonyl (C=O) groups is 1. The molecule has 14 heavy (non-hydrogen) atoms. The second kappa shape index (κ2) is 4.33. The highest BCUT2D eigenvalue weighted by molar-refractivity contribution is 5.99. The summed E-state index contributed by atoms with van der Waals surface area (Å²) in [5, 5.41) is 2.89. The van der Waals surface area contributed by atoms with Gasteiger partial charge in [0.25, 0.3) is 5.91 Å². The Kier molecular flexibility index (Phi) is 3.36. The fourth-order valence-electron chi connectivity index (χ4n) is 1.19. The first-order chi connectivity index (χ1) is 6.27. The lowest BCUT2D eigenvalue weighted by Crippen LogP contribution is -2.26. The van der Waals surface area contributed by atoms with Crippen molar-refractivity contribution < 1.29 is 4.79 Å². The number of hydrogen-bond acceptors (Lipinski definition) is 2. The van der Waals surface area contributed by atoms with E-state index in [9.17, 15) is 4.79 Å². The fraction of sp³-hybridized carbons (Fsp3) is 0.300. The third kappa shape index (κ3) is 2.39. The van der Waals surface area contributed by atoms with Crippen LogP contribution >= 0.6 is 12.4 Å². The molecule has 76 valence electrons. The van der Waals surface area contributed by atoms with E-state index in [2.05, 4.69) is 5.32 Å². The van der Waals surface area contributed by atoms with Crippen molar-refractivity contribution in [2.45, 2.75) is 18.9 Å². The van der Waals surface area contributed by atoms with Gasteiger partial charge in [0.05, 0.1) is 5.56 Å². The lowest BCUT2D eigenvalue weighted by Gasteiger charge is -2.05. The Bertz CT molecular complexity index is 337. The molecule has 0 atom stereocenters. The molecule has 1 aromatic rings. The number of amides is 1. The van der Waals surface area contributed by atoms with Crippen LogP contribution < -0.4 is 11.1 Å². The van der Waals surface area contributed by atoms with Crippen LogP contribution in [-0.2, 0) is 0 Å². The maximum absolute atomic E-state index is 11.5. The molecule has 0 heterocycles. The number of anilines is 1. The molecular weight excluding hydrogens is 200 g/mol. The van der Waals surface area contributed by atoms with Gasteiger partial charge < -0.3 is 11.1 Å². The molecule has 1 aromatic carbocycles. The van der Waals surface area contributed by atoms with Crippen LogP contribution in [0.3, 0.4) is 0 Å². The molecule has 1 fully saturated rings. The van der Waals surface area contributed by atoms with Gasteiger partial charge in [-0.25, -0.2) is 0 Å². The number of halogens is 1. The highest BCUT2D eigenvalue weighted by atomic mass is 35.5. The highest BCUT2D eigenvalue weighted by Crippen LogP contribution is 2.20. The van der Waals surface area contributed by atoms with Gasteiger partial charge in [0, 0.05) is 11.7 Å². The van der Waals surface area contributed by atoms with Crippen LogP contribution in [0.4, 0.5) is 5.69 Å². The van der Waals surface area contributed by atoms with Crippen LogP contribution in [0.15, 0.2) is 24.3 Å². The van der Waals surface area contributed by atoms with E-state index in [4.69, 9.17) is 5.73 Å². The van der Waals surface area contributed by atoms with Crippen LogP contribution in [-0.4, -0.2) is 11.9 Å². The molecule has 0 aliphatic heterocycles. The van der Waals surface area contributed by atoms with Crippen molar-refractivity contribution in [3.63, 3.8) is 0 Å². The summed E-state index contributed by atoms with van der Waals surface area (Å²) in [6, 6.07) is 7.50. The van der Waals surface area contributed by atoms with Gasteiger partial charge in [-0.1, -0.05) is 12.1 Å². The van der Waals surface area contributed by atoms with Gasteiger partial charge in [0.1, 0.15) is 0 Å². The molecule has 1 amide bonds. The largest absolute Gasteiger partial charge is 0.398 e. The van der Waals surface area contributed by atoms with E-state index in [0.29, 0.717) is 17.3 Å². The van der Waals surface area contributed by atoms with Gasteiger partial charge in [-0.05, 0) is 25.0 Å². The Morgan fingerprint density at radius 2 is 2.00 bits per heavy atom. The van der Waals surface area contributed by atoms with E-state index in [0.717, 1.165) is 12.8 Å². The third-order valence-corrected chi connectivity index (χ3v) is 2.12. The number of rotatable bonds is 2. The summed E-state index contributed by atoms with van der Waals surface area (Å²) >= 11 is 0. The average Bonchev–Trinajstić information content (AvgIpc) is 2.89. The monoisotopic (exact) mass is 212 g/mol. The summed E-state index contributed by atoms with van der Waals surface area (Å²) < 4.78 is 0. The molecular formula is C10H13ClN2O. The number of nitrogen functional groups attached to an aromatic ring is 1. The van der Waals surface area contributed by atoms with Gasteiger partial charge in [-0.2, -0.15) is 0 Å². The predicted octanol–water partition coefficient (Wildman–Crippen LogP) is 1.58. The Morgan fingerprint density at radius 1 is 1.36 bits per heavy atom. The summed E-state index contributed by atoms with van der Waals surface area (Å²) in [6.07, 6.45) is 2.19. The van der Waals surface area contributed by atoms with E-state index >= 15 is 0 Å². The minimum absolute atomic E-state index is 0. The van der Waals surface area contributed by atoms with Gasteiger partial charge in [0.2, 0.25) is 0 Å². The molecule has 3 nitrogen and oxygen atoms in total. The Labute approximate surface area is 89.1 Å². The first kappa shape index (κ1) is 10.9. The van der Waals surface area contributed by atoms with Crippen molar-refractivity contribution in [3.05, 3.63) is 29.8 Å². The van der Waals surface area contributed by atoms with Gasteiger partial charge in [-0.15, -0.1) is 12.4 Å². The molecule has 1 aliphatic rings. The molecule has 0 aromatic heterocycles. The number of nitrogens with two attached hydrogens (primary N) is 1. The molecule has 1 saturated carbocycles. The molecule has 0 saturated heterocycles. The van der Waals surface area contributed by atoms with Crippen molar-refractivity contribution >= 4 is 24.0 Å². The number of nitrogens with one attached hydrogen (secondary N) is 1. The van der Waals surface area contributed by atoms with Gasteiger partial charge in [-0.3, -0.25) is 4.79 Å². The van der Waals surface area contributed by atoms with E-state index in [1.54, 1.807) is 12.1 Å². The number of para-hydroxylation sites is 1. The summed E-state index contributed by atoms with van der Waals surface area (Å²) in [5.41, 5.74) is 6.78. The zero-order valence-corrected chi connectivity index (χ0v) is 8.51. The average molecular weight is 213 g/mol. The molecule has 1 aliphatic carbocycles. The second-order valence-electron chi connectivity index (χ2n) is 3.33. The molecule has 0 bridgehead atoms. The zero-order chi connectivity index (χ0) is 9.26. The Balaban J connectivity index is 0.000000980. The topological polar surface area (TPSA) is 55.1 Å². The van der Waals surface area contributed by atoms with E-state index in [1.165, 1.54) is 0 Å². The summed E-state index contributed by atoms with van der Waals surface area (Å²) in [5.74, 6) is -0.0550. The van der Waals surface area contributed by atoms with Crippen molar-refractivity contribution in [1.29, 1.82) is 0 Å². The van der Waals surface area contributed by atoms with Crippen molar-refractivity contribution in [2.24, 2.45) is 0 Å². The molecule has 4 heteroatoms. The molecule has 0 unspecified atom stereocenters. The molecule has 0 radical (unpaired) electrons. The minimum Gasteiger partial charge on any atom is -0.398 e. The first-order valence-corrected chi connectivity index (χ1v) is 4.43. The van der Waals surface area contributed by atoms with Crippen molar-refractivity contribution in [1.82, 2.24) is 5.32 Å². The minimum atomic E-state index is -0.0550. The molecule has 2 rings (SSSR count). The van der Waals surface area contributed by atoms with Crippen LogP contribution in [0.1, 0.15) is 23.2 Å². The number of carbonyl (C=O) groups excluding carboxylic acids is 1. The van der Waals surface area contributed by atoms with Gasteiger partial charge >= 0.3 is 0 Å². The van der Waals surface area contributed by atoms with Crippen LogP contribution in [0, 0.1) is 0 Å². The van der Waals surface area contributed by atoms with Gasteiger partial charge in [0.15, 0.2) is 0 Å². The van der Waals surface area contributed by atoms with E-state index in [-0.39, 0.29) is 18.3 Å². The third-order valence-electron chi connectivity index (χ3n) is 2.12. The quantitative estimate of drug-likeness (QED) is 0.732. The van der Waals surface area contributed by atoms with Crippen molar-refractivity contribution in [3.8, 4) is 0 Å². The first-order valence-electron chi connectivity index (χ1n) is 4.43. The molecule has 3 N–H and O–H groups in total. The summed E-state index contributed by atoms with van der Waals surface area (Å²) in [7, 11) is 0. The fourth-order valence-corrected chi connectivity index (χ4v) is 1.19. The number of benzene rings is 1. The van der Waals surface area contributed by atoms with Crippen LogP contribution in [0.25, 0.3) is 0 Å². The van der Waals surface area contributed by atoms with Crippen molar-refractivity contribution in [2.75, 3.05) is 5.73 Å². The standard InChI is InChI=1S/C10H12N2O.ClH/c11-9-4-2-1-3-8(9)10(13)12-7-5-6-7;/h1-4,7H,5-6,11H2,(H,12,13);1H. The maximum atomic E-state index is 11.5. The zero-order valence-electron chi connectivity index (χ0n) is 7.69. The summed E-state index contributed by atoms with van der Waals surface area (Å²) in [6.45, 7) is 0. The normalized spacial score (nSPS) is 14.3. The summed E-state index contributed by atoms with van der Waals surface area (Å²) in [4.78, 5) is 11.5. The highest BCUT2D eigenvalue weighted by Gasteiger charge is 2.24. The lowest BCUT2D eigenvalue weighted by molar-refractivity contribution is 0.0952. The number of hydrogen-bond donors (Lipinski definition) is 2. The SMILES string of the molecule is Cl.Nc1ccccc1C(=O)NC1CC1. The second-order valence-corrected chi connectivity index (χ2v) is 3.33. The van der Waals surface area contributed by atoms with Crippen LogP contribution in [0.2, 0.25) is 0 Å². The lowest BCUT2D eigenvalue weighted by atomic mass is 10.1. The Morgan fingerprint density at radius 3 is 2.57 bits per heavy atom. The smallest absolute Gasteiger partial charge is 0.253 e.